The molecule has 152 valence electrons. The number of hydrogen-bond acceptors (Lipinski definition) is 6. The molecule has 3 aromatic rings. The monoisotopic (exact) mass is 404 g/mol. The van der Waals surface area contributed by atoms with Gasteiger partial charge in [0.05, 0.1) is 23.7 Å². The first-order valence-corrected chi connectivity index (χ1v) is 9.19. The van der Waals surface area contributed by atoms with Gasteiger partial charge in [-0.3, -0.25) is 20.4 Å². The summed E-state index contributed by atoms with van der Waals surface area (Å²) in [5.74, 6) is 0.217. The molecule has 0 aliphatic carbocycles. The van der Waals surface area contributed by atoms with E-state index in [2.05, 4.69) is 22.1 Å². The fraction of sp³-hybridized carbons (Fsp3) is 0.182. The highest BCUT2D eigenvalue weighted by atomic mass is 16.5. The van der Waals surface area contributed by atoms with Crippen LogP contribution in [-0.4, -0.2) is 23.6 Å². The average Bonchev–Trinajstić information content (AvgIpc) is 3.08. The number of hydrazine groups is 1. The van der Waals surface area contributed by atoms with E-state index in [9.17, 15) is 9.59 Å². The molecule has 0 aliphatic heterocycles. The van der Waals surface area contributed by atoms with Crippen molar-refractivity contribution in [2.45, 2.75) is 20.3 Å². The van der Waals surface area contributed by atoms with Gasteiger partial charge in [-0.1, -0.05) is 29.4 Å². The molecule has 2 N–H and O–H groups in total. The Labute approximate surface area is 173 Å². The van der Waals surface area contributed by atoms with E-state index < -0.39 is 5.91 Å². The van der Waals surface area contributed by atoms with Crippen LogP contribution in [0, 0.1) is 25.2 Å². The van der Waals surface area contributed by atoms with Crippen molar-refractivity contribution in [3.05, 3.63) is 71.1 Å². The van der Waals surface area contributed by atoms with Gasteiger partial charge in [0.2, 0.25) is 5.91 Å². The lowest BCUT2D eigenvalue weighted by Gasteiger charge is -2.09. The van der Waals surface area contributed by atoms with Crippen molar-refractivity contribution in [3.63, 3.8) is 0 Å². The molecule has 3 rings (SSSR count). The molecule has 0 atom stereocenters. The number of aryl methyl sites for hydroxylation is 2. The molecule has 0 spiro atoms. The summed E-state index contributed by atoms with van der Waals surface area (Å²) in [7, 11) is 0. The number of nitriles is 1. The van der Waals surface area contributed by atoms with E-state index >= 15 is 0 Å². The molecule has 8 nitrogen and oxygen atoms in total. The van der Waals surface area contributed by atoms with E-state index in [1.807, 2.05) is 24.3 Å². The molecule has 0 aliphatic rings. The van der Waals surface area contributed by atoms with Crippen molar-refractivity contribution in [2.75, 3.05) is 6.61 Å². The molecule has 2 aromatic carbocycles. The van der Waals surface area contributed by atoms with Crippen molar-refractivity contribution in [1.29, 1.82) is 5.26 Å². The van der Waals surface area contributed by atoms with Crippen molar-refractivity contribution in [1.82, 2.24) is 16.0 Å². The Balaban J connectivity index is 1.45. The van der Waals surface area contributed by atoms with Gasteiger partial charge < -0.3 is 9.26 Å². The van der Waals surface area contributed by atoms with Crippen LogP contribution in [0.5, 0.6) is 5.75 Å². The first-order chi connectivity index (χ1) is 14.5. The van der Waals surface area contributed by atoms with E-state index in [4.69, 9.17) is 14.5 Å². The topological polar surface area (TPSA) is 117 Å². The molecule has 1 aromatic heterocycles. The number of amides is 2. The van der Waals surface area contributed by atoms with Crippen molar-refractivity contribution < 1.29 is 18.8 Å². The lowest BCUT2D eigenvalue weighted by Crippen LogP contribution is -2.44. The summed E-state index contributed by atoms with van der Waals surface area (Å²) >= 11 is 0. The Hall–Kier alpha value is -4.12. The van der Waals surface area contributed by atoms with Crippen molar-refractivity contribution in [2.24, 2.45) is 0 Å². The second-order valence-corrected chi connectivity index (χ2v) is 6.58. The molecule has 2 amide bonds. The molecular weight excluding hydrogens is 384 g/mol. The van der Waals surface area contributed by atoms with Crippen LogP contribution in [0.3, 0.4) is 0 Å². The molecule has 0 bridgehead atoms. The fourth-order valence-electron chi connectivity index (χ4n) is 2.76. The minimum Gasteiger partial charge on any atom is -0.484 e. The summed E-state index contributed by atoms with van der Waals surface area (Å²) in [6.07, 6.45) is 0.0547. The number of nitrogens with zero attached hydrogens (tertiary/aromatic N) is 2. The number of carbonyl (C=O) groups excluding carboxylic acids is 2. The van der Waals surface area contributed by atoms with Crippen LogP contribution in [0.2, 0.25) is 0 Å². The normalized spacial score (nSPS) is 10.2. The molecule has 30 heavy (non-hydrogen) atoms. The molecule has 0 saturated heterocycles. The molecule has 0 saturated carbocycles. The van der Waals surface area contributed by atoms with Gasteiger partial charge in [0.15, 0.2) is 6.61 Å². The number of nitrogens with one attached hydrogen (secondary N) is 2. The van der Waals surface area contributed by atoms with Gasteiger partial charge in [0.1, 0.15) is 11.5 Å². The van der Waals surface area contributed by atoms with Crippen molar-refractivity contribution in [3.8, 4) is 22.9 Å². The quantitative estimate of drug-likeness (QED) is 0.610. The number of aromatic nitrogens is 1. The third-order valence-electron chi connectivity index (χ3n) is 4.43. The van der Waals surface area contributed by atoms with Crippen LogP contribution in [0.25, 0.3) is 11.1 Å². The maximum Gasteiger partial charge on any atom is 0.276 e. The predicted octanol–water partition coefficient (Wildman–Crippen LogP) is 2.60. The van der Waals surface area contributed by atoms with Gasteiger partial charge in [-0.05, 0) is 49.2 Å². The predicted molar refractivity (Wildman–Crippen MR) is 108 cm³/mol. The molecular formula is C22H20N4O4. The van der Waals surface area contributed by atoms with Gasteiger partial charge in [-0.2, -0.15) is 5.26 Å². The highest BCUT2D eigenvalue weighted by Crippen LogP contribution is 2.22. The Bertz CT molecular complexity index is 1060. The zero-order chi connectivity index (χ0) is 21.5. The summed E-state index contributed by atoms with van der Waals surface area (Å²) < 4.78 is 10.4. The molecule has 0 radical (unpaired) electrons. The molecule has 0 unspecified atom stereocenters. The third kappa shape index (κ3) is 5.23. The van der Waals surface area contributed by atoms with Crippen molar-refractivity contribution >= 4 is 11.8 Å². The summed E-state index contributed by atoms with van der Waals surface area (Å²) in [5, 5.41) is 12.6. The molecule has 8 heteroatoms. The lowest BCUT2D eigenvalue weighted by molar-refractivity contribution is -0.129. The van der Waals surface area contributed by atoms with E-state index in [-0.39, 0.29) is 18.9 Å². The summed E-state index contributed by atoms with van der Waals surface area (Å²) in [6, 6.07) is 16.5. The van der Waals surface area contributed by atoms with Gasteiger partial charge in [-0.25, -0.2) is 0 Å². The van der Waals surface area contributed by atoms with E-state index in [0.717, 1.165) is 11.1 Å². The highest BCUT2D eigenvalue weighted by Gasteiger charge is 2.14. The van der Waals surface area contributed by atoms with Gasteiger partial charge in [0.25, 0.3) is 5.91 Å². The number of carbonyl (C=O) groups is 2. The van der Waals surface area contributed by atoms with Crippen LogP contribution in [0.1, 0.15) is 22.6 Å². The molecule has 0 fully saturated rings. The lowest BCUT2D eigenvalue weighted by atomic mass is 10.0. The summed E-state index contributed by atoms with van der Waals surface area (Å²) in [5.41, 5.74) is 8.52. The van der Waals surface area contributed by atoms with Gasteiger partial charge in [0, 0.05) is 5.56 Å². The maximum atomic E-state index is 12.0. The smallest absolute Gasteiger partial charge is 0.276 e. The second kappa shape index (κ2) is 9.39. The van der Waals surface area contributed by atoms with Gasteiger partial charge >= 0.3 is 0 Å². The average molecular weight is 404 g/mol. The zero-order valence-corrected chi connectivity index (χ0v) is 16.6. The maximum absolute atomic E-state index is 12.0. The Morgan fingerprint density at radius 1 is 1.00 bits per heavy atom. The van der Waals surface area contributed by atoms with E-state index in [1.54, 1.807) is 38.1 Å². The zero-order valence-electron chi connectivity index (χ0n) is 16.6. The number of ether oxygens (including phenoxy) is 1. The summed E-state index contributed by atoms with van der Waals surface area (Å²) in [6.45, 7) is 3.22. The second-order valence-electron chi connectivity index (χ2n) is 6.58. The molecule has 1 heterocycles. The first kappa shape index (κ1) is 20.6. The minimum atomic E-state index is -0.488. The highest BCUT2D eigenvalue weighted by molar-refractivity contribution is 5.84. The first-order valence-electron chi connectivity index (χ1n) is 9.19. The Kier molecular flexibility index (Phi) is 6.45. The minimum absolute atomic E-state index is 0.0547. The SMILES string of the molecule is Cc1noc(C)c1CC(=O)NNC(=O)COc1ccc(-c2ccc(C#N)cc2)cc1. The van der Waals surface area contributed by atoms with Crippen LogP contribution in [-0.2, 0) is 16.0 Å². The standard InChI is InChI=1S/C22H20N4O4/c1-14-20(15(2)30-26-14)11-21(27)24-25-22(28)13-29-19-9-7-18(8-10-19)17-5-3-16(12-23)4-6-17/h3-10H,11,13H2,1-2H3,(H,24,27)(H,25,28). The van der Waals surface area contributed by atoms with Crippen LogP contribution >= 0.6 is 0 Å². The van der Waals surface area contributed by atoms with E-state index in [0.29, 0.717) is 28.3 Å². The van der Waals surface area contributed by atoms with E-state index in [1.165, 1.54) is 0 Å². The fourth-order valence-corrected chi connectivity index (χ4v) is 2.76. The largest absolute Gasteiger partial charge is 0.484 e. The Morgan fingerprint density at radius 3 is 2.17 bits per heavy atom. The Morgan fingerprint density at radius 2 is 1.60 bits per heavy atom. The number of rotatable bonds is 6. The van der Waals surface area contributed by atoms with Gasteiger partial charge in [-0.15, -0.1) is 0 Å². The van der Waals surface area contributed by atoms with Crippen LogP contribution < -0.4 is 15.6 Å². The number of benzene rings is 2. The number of hydrogen-bond donors (Lipinski definition) is 2. The summed E-state index contributed by atoms with van der Waals surface area (Å²) in [4.78, 5) is 23.9. The van der Waals surface area contributed by atoms with Crippen LogP contribution in [0.15, 0.2) is 53.1 Å². The van der Waals surface area contributed by atoms with Crippen LogP contribution in [0.4, 0.5) is 0 Å². The third-order valence-corrected chi connectivity index (χ3v) is 4.43.